The Morgan fingerprint density at radius 2 is 1.12 bits per heavy atom. The molecule has 0 unspecified atom stereocenters. The molecule has 0 radical (unpaired) electrons. The van der Waals surface area contributed by atoms with Gasteiger partial charge in [-0.2, -0.15) is 0 Å². The number of aliphatic hydroxyl groups is 1. The average molecular weight is 451 g/mol. The minimum atomic E-state index is -1.68. The number of Topliss-reactive ketones (excluding diaryl/α,β-unsaturated/α-hetero) is 1. The number of benzene rings is 4. The van der Waals surface area contributed by atoms with E-state index in [1.807, 2.05) is 123 Å². The van der Waals surface area contributed by atoms with E-state index in [1.54, 1.807) is 12.1 Å². The number of carbonyl (C=O) groups is 1. The van der Waals surface area contributed by atoms with E-state index in [1.165, 1.54) is 0 Å². The maximum atomic E-state index is 14.2. The summed E-state index contributed by atoms with van der Waals surface area (Å²) in [6, 6.07) is 37.7. The van der Waals surface area contributed by atoms with E-state index in [9.17, 15) is 9.90 Å². The molecule has 0 aromatic heterocycles. The first-order chi connectivity index (χ1) is 16.5. The standard InChI is InChI=1S/C31H30O3/c1-23(2)34-30(26-19-11-5-12-20-26)31(33,27-21-13-6-14-22-27)28(24-15-7-3-8-16-24)29(32)25-17-9-4-10-18-25/h3-23,28,30,33H,1-2H3/t28-,30-,31-/m0/s1. The van der Waals surface area contributed by atoms with Crippen LogP contribution in [0.15, 0.2) is 121 Å². The van der Waals surface area contributed by atoms with Gasteiger partial charge in [0.15, 0.2) is 5.78 Å². The highest BCUT2D eigenvalue weighted by molar-refractivity contribution is 6.02. The second kappa shape index (κ2) is 10.6. The fraction of sp³-hybridized carbons (Fsp3) is 0.194. The van der Waals surface area contributed by atoms with Crippen LogP contribution in [-0.4, -0.2) is 17.0 Å². The minimum Gasteiger partial charge on any atom is -0.381 e. The molecule has 0 amide bonds. The second-order valence-corrected chi connectivity index (χ2v) is 8.74. The molecule has 0 aliphatic rings. The van der Waals surface area contributed by atoms with Crippen LogP contribution >= 0.6 is 0 Å². The smallest absolute Gasteiger partial charge is 0.173 e. The fourth-order valence-corrected chi connectivity index (χ4v) is 4.53. The molecule has 3 atom stereocenters. The molecule has 0 saturated carbocycles. The third-order valence-corrected chi connectivity index (χ3v) is 6.04. The summed E-state index contributed by atoms with van der Waals surface area (Å²) < 4.78 is 6.44. The lowest BCUT2D eigenvalue weighted by atomic mass is 9.69. The van der Waals surface area contributed by atoms with Crippen LogP contribution in [-0.2, 0) is 10.3 Å². The molecule has 4 aromatic carbocycles. The maximum Gasteiger partial charge on any atom is 0.173 e. The van der Waals surface area contributed by atoms with Crippen LogP contribution in [0, 0.1) is 0 Å². The van der Waals surface area contributed by atoms with Crippen molar-refractivity contribution in [3.8, 4) is 0 Å². The SMILES string of the molecule is CC(C)O[C@@H](c1ccccc1)[C@](O)(c1ccccc1)[C@H](C(=O)c1ccccc1)c1ccccc1. The topological polar surface area (TPSA) is 46.5 Å². The molecule has 3 heteroatoms. The molecule has 0 aliphatic carbocycles. The molecule has 0 aliphatic heterocycles. The summed E-state index contributed by atoms with van der Waals surface area (Å²) in [4.78, 5) is 14.2. The molecule has 0 heterocycles. The summed E-state index contributed by atoms with van der Waals surface area (Å²) in [6.07, 6.45) is -0.960. The van der Waals surface area contributed by atoms with E-state index in [2.05, 4.69) is 0 Å². The predicted octanol–water partition coefficient (Wildman–Crippen LogP) is 6.71. The van der Waals surface area contributed by atoms with Gasteiger partial charge in [-0.25, -0.2) is 0 Å². The lowest BCUT2D eigenvalue weighted by Crippen LogP contribution is -2.45. The molecule has 4 aromatic rings. The van der Waals surface area contributed by atoms with Gasteiger partial charge in [0.1, 0.15) is 11.7 Å². The van der Waals surface area contributed by atoms with Crippen molar-refractivity contribution in [2.24, 2.45) is 0 Å². The monoisotopic (exact) mass is 450 g/mol. The Labute approximate surface area is 201 Å². The Balaban J connectivity index is 2.00. The van der Waals surface area contributed by atoms with Gasteiger partial charge in [0.2, 0.25) is 0 Å². The number of hydrogen-bond donors (Lipinski definition) is 1. The van der Waals surface area contributed by atoms with E-state index in [4.69, 9.17) is 4.74 Å². The van der Waals surface area contributed by atoms with Crippen molar-refractivity contribution in [2.45, 2.75) is 37.6 Å². The zero-order valence-corrected chi connectivity index (χ0v) is 19.5. The van der Waals surface area contributed by atoms with Gasteiger partial charge in [0.05, 0.1) is 12.0 Å². The highest BCUT2D eigenvalue weighted by atomic mass is 16.5. The molecule has 34 heavy (non-hydrogen) atoms. The number of hydrogen-bond acceptors (Lipinski definition) is 3. The highest BCUT2D eigenvalue weighted by Crippen LogP contribution is 2.49. The van der Waals surface area contributed by atoms with Crippen molar-refractivity contribution < 1.29 is 14.6 Å². The quantitative estimate of drug-likeness (QED) is 0.288. The number of carbonyl (C=O) groups excluding carboxylic acids is 1. The van der Waals surface area contributed by atoms with Crippen molar-refractivity contribution in [3.05, 3.63) is 144 Å². The fourth-order valence-electron chi connectivity index (χ4n) is 4.53. The van der Waals surface area contributed by atoms with Crippen molar-refractivity contribution >= 4 is 5.78 Å². The van der Waals surface area contributed by atoms with E-state index in [-0.39, 0.29) is 11.9 Å². The van der Waals surface area contributed by atoms with E-state index >= 15 is 0 Å². The number of rotatable bonds is 9. The third-order valence-electron chi connectivity index (χ3n) is 6.04. The molecule has 4 rings (SSSR count). The lowest BCUT2D eigenvalue weighted by Gasteiger charge is -2.43. The average Bonchev–Trinajstić information content (AvgIpc) is 2.89. The van der Waals surface area contributed by atoms with Crippen LogP contribution < -0.4 is 0 Å². The van der Waals surface area contributed by atoms with E-state index in [0.29, 0.717) is 11.1 Å². The Bertz CT molecular complexity index is 1170. The Hall–Kier alpha value is -3.53. The molecule has 0 bridgehead atoms. The van der Waals surface area contributed by atoms with Crippen molar-refractivity contribution in [3.63, 3.8) is 0 Å². The minimum absolute atomic E-state index is 0.161. The molecule has 172 valence electrons. The molecular weight excluding hydrogens is 420 g/mol. The van der Waals surface area contributed by atoms with Gasteiger partial charge < -0.3 is 9.84 Å². The lowest BCUT2D eigenvalue weighted by molar-refractivity contribution is -0.143. The molecule has 0 fully saturated rings. The zero-order valence-electron chi connectivity index (χ0n) is 19.5. The third kappa shape index (κ3) is 4.86. The van der Waals surface area contributed by atoms with Gasteiger partial charge in [-0.3, -0.25) is 4.79 Å². The molecule has 0 saturated heterocycles. The largest absolute Gasteiger partial charge is 0.381 e. The van der Waals surface area contributed by atoms with Crippen molar-refractivity contribution in [1.29, 1.82) is 0 Å². The Morgan fingerprint density at radius 1 is 0.676 bits per heavy atom. The van der Waals surface area contributed by atoms with Crippen LogP contribution in [0.3, 0.4) is 0 Å². The molecule has 3 nitrogen and oxygen atoms in total. The second-order valence-electron chi connectivity index (χ2n) is 8.74. The van der Waals surface area contributed by atoms with Crippen LogP contribution in [0.5, 0.6) is 0 Å². The highest BCUT2D eigenvalue weighted by Gasteiger charge is 2.51. The Kier molecular flexibility index (Phi) is 7.36. The summed E-state index contributed by atoms with van der Waals surface area (Å²) >= 11 is 0. The number of ketones is 1. The van der Waals surface area contributed by atoms with Crippen LogP contribution in [0.1, 0.15) is 52.9 Å². The first-order valence-electron chi connectivity index (χ1n) is 11.6. The molecule has 0 spiro atoms. The van der Waals surface area contributed by atoms with Gasteiger partial charge >= 0.3 is 0 Å². The van der Waals surface area contributed by atoms with Gasteiger partial charge in [-0.05, 0) is 30.5 Å². The van der Waals surface area contributed by atoms with E-state index < -0.39 is 17.6 Å². The normalized spacial score (nSPS) is 14.8. The van der Waals surface area contributed by atoms with Crippen LogP contribution in [0.25, 0.3) is 0 Å². The summed E-state index contributed by atoms with van der Waals surface area (Å²) in [6.45, 7) is 3.88. The Morgan fingerprint density at radius 3 is 1.62 bits per heavy atom. The summed E-state index contributed by atoms with van der Waals surface area (Å²) in [5, 5.41) is 12.8. The first kappa shape index (κ1) is 23.6. The summed E-state index contributed by atoms with van der Waals surface area (Å²) in [5.74, 6) is -1.06. The summed E-state index contributed by atoms with van der Waals surface area (Å²) in [7, 11) is 0. The molecule has 1 N–H and O–H groups in total. The van der Waals surface area contributed by atoms with Crippen molar-refractivity contribution in [1.82, 2.24) is 0 Å². The predicted molar refractivity (Wildman–Crippen MR) is 136 cm³/mol. The summed E-state index contributed by atoms with van der Waals surface area (Å²) in [5.41, 5.74) is 1.03. The first-order valence-corrected chi connectivity index (χ1v) is 11.6. The van der Waals surface area contributed by atoms with Gasteiger partial charge in [0.25, 0.3) is 0 Å². The van der Waals surface area contributed by atoms with Crippen LogP contribution in [0.2, 0.25) is 0 Å². The van der Waals surface area contributed by atoms with Gasteiger partial charge in [-0.15, -0.1) is 0 Å². The molecular formula is C31H30O3. The maximum absolute atomic E-state index is 14.2. The van der Waals surface area contributed by atoms with Crippen LogP contribution in [0.4, 0.5) is 0 Å². The number of ether oxygens (including phenoxy) is 1. The van der Waals surface area contributed by atoms with E-state index in [0.717, 1.165) is 11.1 Å². The zero-order chi connectivity index (χ0) is 24.0. The van der Waals surface area contributed by atoms with Gasteiger partial charge in [-0.1, -0.05) is 121 Å². The van der Waals surface area contributed by atoms with Crippen molar-refractivity contribution in [2.75, 3.05) is 0 Å². The van der Waals surface area contributed by atoms with Gasteiger partial charge in [0, 0.05) is 5.56 Å².